The first-order valence-electron chi connectivity index (χ1n) is 7.09. The van der Waals surface area contributed by atoms with Gasteiger partial charge in [-0.1, -0.05) is 12.1 Å². The van der Waals surface area contributed by atoms with Crippen molar-refractivity contribution in [3.8, 4) is 0 Å². The lowest BCUT2D eigenvalue weighted by Crippen LogP contribution is -2.13. The van der Waals surface area contributed by atoms with E-state index in [1.165, 1.54) is 12.1 Å². The van der Waals surface area contributed by atoms with Crippen molar-refractivity contribution in [2.24, 2.45) is 0 Å². The van der Waals surface area contributed by atoms with Crippen LogP contribution in [0.1, 0.15) is 16.7 Å². The van der Waals surface area contributed by atoms with Crippen molar-refractivity contribution in [1.82, 2.24) is 5.32 Å². The Morgan fingerprint density at radius 1 is 1.17 bits per heavy atom. The Bertz CT molecular complexity index is 707. The van der Waals surface area contributed by atoms with Crippen LogP contribution in [0.15, 0.2) is 36.4 Å². The summed E-state index contributed by atoms with van der Waals surface area (Å²) < 4.78 is 13.3. The lowest BCUT2D eigenvalue weighted by Gasteiger charge is -2.08. The first kappa shape index (κ1) is 16.9. The maximum Gasteiger partial charge on any atom is 0.292 e. The number of nitrogens with one attached hydrogen (secondary N) is 2. The van der Waals surface area contributed by atoms with Crippen molar-refractivity contribution < 1.29 is 14.4 Å². The normalized spacial score (nSPS) is 10.6. The number of nitro groups is 1. The van der Waals surface area contributed by atoms with Crippen LogP contribution in [-0.4, -0.2) is 17.1 Å². The average Bonchev–Trinajstić information content (AvgIpc) is 2.56. The standard InChI is InChI=1S/C16H18FN3O3/c1-18-15-5-3-12(7-16(15)20(22)23)9-19-8-11-2-4-14(17)13(6-11)10-21/h2-7,18-19,21H,8-10H2,1H3. The molecule has 0 amide bonds. The van der Waals surface area contributed by atoms with E-state index in [-0.39, 0.29) is 17.9 Å². The highest BCUT2D eigenvalue weighted by Crippen LogP contribution is 2.25. The molecule has 0 radical (unpaired) electrons. The first-order valence-corrected chi connectivity index (χ1v) is 7.09. The van der Waals surface area contributed by atoms with E-state index in [0.29, 0.717) is 18.8 Å². The van der Waals surface area contributed by atoms with Crippen LogP contribution in [0.4, 0.5) is 15.8 Å². The van der Waals surface area contributed by atoms with Crippen LogP contribution in [0, 0.1) is 15.9 Å². The van der Waals surface area contributed by atoms with Crippen LogP contribution in [0.25, 0.3) is 0 Å². The van der Waals surface area contributed by atoms with Crippen LogP contribution in [0.3, 0.4) is 0 Å². The summed E-state index contributed by atoms with van der Waals surface area (Å²) in [6.45, 7) is 0.558. The van der Waals surface area contributed by atoms with Crippen molar-refractivity contribution in [2.45, 2.75) is 19.7 Å². The van der Waals surface area contributed by atoms with E-state index in [1.54, 1.807) is 31.3 Å². The topological polar surface area (TPSA) is 87.4 Å². The summed E-state index contributed by atoms with van der Waals surface area (Å²) in [5, 5.41) is 26.0. The van der Waals surface area contributed by atoms with Gasteiger partial charge in [0.05, 0.1) is 11.5 Å². The molecule has 7 heteroatoms. The van der Waals surface area contributed by atoms with E-state index < -0.39 is 10.7 Å². The molecule has 2 aromatic carbocycles. The van der Waals surface area contributed by atoms with Gasteiger partial charge in [-0.3, -0.25) is 10.1 Å². The molecule has 0 fully saturated rings. The number of halogens is 1. The molecule has 23 heavy (non-hydrogen) atoms. The molecule has 0 aliphatic carbocycles. The third-order valence-electron chi connectivity index (χ3n) is 3.47. The summed E-state index contributed by atoms with van der Waals surface area (Å²) in [6, 6.07) is 9.52. The zero-order valence-electron chi connectivity index (χ0n) is 12.7. The van der Waals surface area contributed by atoms with Gasteiger partial charge in [0.15, 0.2) is 0 Å². The summed E-state index contributed by atoms with van der Waals surface area (Å²) in [6.07, 6.45) is 0. The smallest absolute Gasteiger partial charge is 0.292 e. The molecule has 0 atom stereocenters. The minimum Gasteiger partial charge on any atom is -0.392 e. The van der Waals surface area contributed by atoms with Crippen molar-refractivity contribution >= 4 is 11.4 Å². The Morgan fingerprint density at radius 2 is 1.83 bits per heavy atom. The molecular formula is C16H18FN3O3. The Kier molecular flexibility index (Phi) is 5.61. The van der Waals surface area contributed by atoms with Gasteiger partial charge < -0.3 is 15.7 Å². The van der Waals surface area contributed by atoms with E-state index >= 15 is 0 Å². The second-order valence-electron chi connectivity index (χ2n) is 5.05. The molecule has 2 aromatic rings. The van der Waals surface area contributed by atoms with Crippen LogP contribution in [-0.2, 0) is 19.7 Å². The van der Waals surface area contributed by atoms with Gasteiger partial charge in [0.2, 0.25) is 0 Å². The predicted octanol–water partition coefficient (Wildman–Crippen LogP) is 2.56. The maximum absolute atomic E-state index is 13.3. The van der Waals surface area contributed by atoms with E-state index in [0.717, 1.165) is 11.1 Å². The Hall–Kier alpha value is -2.51. The molecular weight excluding hydrogens is 301 g/mol. The number of benzene rings is 2. The second-order valence-corrected chi connectivity index (χ2v) is 5.05. The fourth-order valence-electron chi connectivity index (χ4n) is 2.26. The number of rotatable bonds is 7. The molecule has 0 saturated heterocycles. The molecule has 0 aromatic heterocycles. The molecule has 2 rings (SSSR count). The zero-order chi connectivity index (χ0) is 16.8. The quantitative estimate of drug-likeness (QED) is 0.539. The first-order chi connectivity index (χ1) is 11.0. The molecule has 0 spiro atoms. The highest BCUT2D eigenvalue weighted by atomic mass is 19.1. The van der Waals surface area contributed by atoms with Gasteiger partial charge in [0.25, 0.3) is 5.69 Å². The van der Waals surface area contributed by atoms with Gasteiger partial charge in [-0.25, -0.2) is 4.39 Å². The molecule has 0 bridgehead atoms. The Labute approximate surface area is 133 Å². The SMILES string of the molecule is CNc1ccc(CNCc2ccc(F)c(CO)c2)cc1[N+](=O)[O-]. The average molecular weight is 319 g/mol. The third kappa shape index (κ3) is 4.24. The van der Waals surface area contributed by atoms with Gasteiger partial charge in [0, 0.05) is 31.8 Å². The molecule has 0 aliphatic heterocycles. The summed E-state index contributed by atoms with van der Waals surface area (Å²) in [5.74, 6) is -0.436. The number of aliphatic hydroxyl groups is 1. The van der Waals surface area contributed by atoms with E-state index in [4.69, 9.17) is 5.11 Å². The van der Waals surface area contributed by atoms with Crippen molar-refractivity contribution in [2.75, 3.05) is 12.4 Å². The monoisotopic (exact) mass is 319 g/mol. The van der Waals surface area contributed by atoms with Crippen molar-refractivity contribution in [1.29, 1.82) is 0 Å². The van der Waals surface area contributed by atoms with Gasteiger partial charge in [0.1, 0.15) is 11.5 Å². The largest absolute Gasteiger partial charge is 0.392 e. The van der Waals surface area contributed by atoms with Crippen molar-refractivity contribution in [3.63, 3.8) is 0 Å². The van der Waals surface area contributed by atoms with Gasteiger partial charge in [-0.2, -0.15) is 0 Å². The van der Waals surface area contributed by atoms with Gasteiger partial charge >= 0.3 is 0 Å². The minimum atomic E-state index is -0.436. The maximum atomic E-state index is 13.3. The number of hydrogen-bond acceptors (Lipinski definition) is 5. The van der Waals surface area contributed by atoms with E-state index in [1.807, 2.05) is 0 Å². The summed E-state index contributed by atoms with van der Waals surface area (Å²) >= 11 is 0. The van der Waals surface area contributed by atoms with Gasteiger partial charge in [-0.15, -0.1) is 0 Å². The van der Waals surface area contributed by atoms with Crippen LogP contribution >= 0.6 is 0 Å². The fraction of sp³-hybridized carbons (Fsp3) is 0.250. The lowest BCUT2D eigenvalue weighted by molar-refractivity contribution is -0.384. The minimum absolute atomic E-state index is 0.0242. The highest BCUT2D eigenvalue weighted by molar-refractivity contribution is 5.62. The predicted molar refractivity (Wildman–Crippen MR) is 85.5 cm³/mol. The summed E-state index contributed by atoms with van der Waals surface area (Å²) in [4.78, 5) is 10.6. The number of aliphatic hydroxyl groups excluding tert-OH is 1. The second kappa shape index (κ2) is 7.66. The number of nitrogens with zero attached hydrogens (tertiary/aromatic N) is 1. The lowest BCUT2D eigenvalue weighted by atomic mass is 10.1. The number of hydrogen-bond donors (Lipinski definition) is 3. The Morgan fingerprint density at radius 3 is 2.43 bits per heavy atom. The van der Waals surface area contributed by atoms with Crippen LogP contribution < -0.4 is 10.6 Å². The fourth-order valence-corrected chi connectivity index (χ4v) is 2.26. The van der Waals surface area contributed by atoms with Crippen LogP contribution in [0.5, 0.6) is 0 Å². The van der Waals surface area contributed by atoms with Gasteiger partial charge in [-0.05, 0) is 29.3 Å². The summed E-state index contributed by atoms with van der Waals surface area (Å²) in [5.41, 5.74) is 2.34. The molecule has 122 valence electrons. The molecule has 0 heterocycles. The molecule has 3 N–H and O–H groups in total. The highest BCUT2D eigenvalue weighted by Gasteiger charge is 2.13. The van der Waals surface area contributed by atoms with E-state index in [2.05, 4.69) is 10.6 Å². The number of anilines is 1. The molecule has 0 aliphatic rings. The zero-order valence-corrected chi connectivity index (χ0v) is 12.7. The van der Waals surface area contributed by atoms with Crippen molar-refractivity contribution in [3.05, 3.63) is 69.0 Å². The Balaban J connectivity index is 2.01. The third-order valence-corrected chi connectivity index (χ3v) is 3.47. The molecule has 6 nitrogen and oxygen atoms in total. The van der Waals surface area contributed by atoms with Crippen LogP contribution in [0.2, 0.25) is 0 Å². The summed E-state index contributed by atoms with van der Waals surface area (Å²) in [7, 11) is 1.63. The number of nitro benzene ring substituents is 1. The molecule has 0 unspecified atom stereocenters. The molecule has 0 saturated carbocycles. The van der Waals surface area contributed by atoms with E-state index in [9.17, 15) is 14.5 Å².